The number of ether oxygens (including phenoxy) is 2. The zero-order chi connectivity index (χ0) is 28.0. The van der Waals surface area contributed by atoms with Gasteiger partial charge in [0.2, 0.25) is 0 Å². The van der Waals surface area contributed by atoms with E-state index in [0.717, 1.165) is 42.7 Å². The highest BCUT2D eigenvalue weighted by atomic mass is 32.2. The Hall–Kier alpha value is -4.30. The molecule has 3 amide bonds. The molecular weight excluding hydrogens is 541 g/mol. The molecule has 2 aromatic carbocycles. The second-order valence-electron chi connectivity index (χ2n) is 7.49. The van der Waals surface area contributed by atoms with Gasteiger partial charge in [-0.15, -0.1) is 11.3 Å². The number of para-hydroxylation sites is 1. The van der Waals surface area contributed by atoms with Crippen LogP contribution in [0, 0.1) is 12.7 Å². The van der Waals surface area contributed by atoms with Crippen molar-refractivity contribution in [2.75, 3.05) is 23.8 Å². The summed E-state index contributed by atoms with van der Waals surface area (Å²) in [7, 11) is -3.13. The highest BCUT2D eigenvalue weighted by Crippen LogP contribution is 2.34. The van der Waals surface area contributed by atoms with Crippen molar-refractivity contribution in [3.8, 4) is 0 Å². The van der Waals surface area contributed by atoms with Crippen molar-refractivity contribution < 1.29 is 41.5 Å². The van der Waals surface area contributed by atoms with Crippen molar-refractivity contribution in [2.45, 2.75) is 18.7 Å². The van der Waals surface area contributed by atoms with Crippen LogP contribution in [-0.4, -0.2) is 46.0 Å². The summed E-state index contributed by atoms with van der Waals surface area (Å²) in [6, 6.07) is 9.74. The Bertz CT molecular complexity index is 1500. The van der Waals surface area contributed by atoms with Gasteiger partial charge in [0.1, 0.15) is 15.7 Å². The minimum absolute atomic E-state index is 0.0162. The van der Waals surface area contributed by atoms with Crippen LogP contribution in [-0.2, 0) is 19.5 Å². The molecule has 0 fully saturated rings. The second kappa shape index (κ2) is 11.8. The third kappa shape index (κ3) is 6.33. The lowest BCUT2D eigenvalue weighted by molar-refractivity contribution is 0.0531. The predicted octanol–water partition coefficient (Wildman–Crippen LogP) is 3.92. The van der Waals surface area contributed by atoms with Crippen molar-refractivity contribution in [3.63, 3.8) is 0 Å². The molecule has 200 valence electrons. The molecule has 0 radical (unpaired) electrons. The number of alkyl carbamates (subject to hydrolysis) is 1. The fourth-order valence-electron chi connectivity index (χ4n) is 3.23. The summed E-state index contributed by atoms with van der Waals surface area (Å²) in [5.41, 5.74) is -0.258. The third-order valence-electron chi connectivity index (χ3n) is 5.00. The molecule has 14 heteroatoms. The molecule has 0 spiro atoms. The van der Waals surface area contributed by atoms with E-state index in [2.05, 4.69) is 14.8 Å². The van der Waals surface area contributed by atoms with E-state index in [0.29, 0.717) is 0 Å². The van der Waals surface area contributed by atoms with E-state index in [1.165, 1.54) is 31.2 Å². The molecule has 1 aromatic heterocycles. The molecule has 0 saturated carbocycles. The van der Waals surface area contributed by atoms with Gasteiger partial charge in [0.15, 0.2) is 0 Å². The molecule has 1 heterocycles. The summed E-state index contributed by atoms with van der Waals surface area (Å²) < 4.78 is 50.6. The van der Waals surface area contributed by atoms with Gasteiger partial charge in [0.05, 0.1) is 35.4 Å². The van der Waals surface area contributed by atoms with Crippen LogP contribution in [0.3, 0.4) is 0 Å². The maximum atomic E-state index is 13.2. The third-order valence-corrected chi connectivity index (χ3v) is 7.57. The number of amides is 3. The minimum Gasteiger partial charge on any atom is -0.462 e. The van der Waals surface area contributed by atoms with E-state index in [9.17, 15) is 32.0 Å². The smallest absolute Gasteiger partial charge is 0.413 e. The van der Waals surface area contributed by atoms with Crippen LogP contribution >= 0.6 is 11.3 Å². The number of carbonyl (C=O) groups excluding carboxylic acids is 4. The standard InChI is InChI=1S/C24H22FN3O8S2/c1-4-36-23(31)19-13(2)18(21(30)27-24(32)35-3)22(37-19)26-20(29)16-7-5-6-8-17(16)28-38(33,34)15-11-9-14(25)10-12-15/h5-12,28H,4H2,1-3H3,(H,26,29)(H,27,30,32). The number of benzene rings is 2. The molecule has 3 aromatic rings. The Labute approximate surface area is 221 Å². The molecule has 0 atom stereocenters. The average Bonchev–Trinajstić information content (AvgIpc) is 3.20. The van der Waals surface area contributed by atoms with Gasteiger partial charge in [-0.1, -0.05) is 12.1 Å². The van der Waals surface area contributed by atoms with Gasteiger partial charge in [-0.3, -0.25) is 19.6 Å². The van der Waals surface area contributed by atoms with Gasteiger partial charge >= 0.3 is 12.1 Å². The van der Waals surface area contributed by atoms with Crippen LogP contribution in [0.2, 0.25) is 0 Å². The molecule has 0 bridgehead atoms. The summed E-state index contributed by atoms with van der Waals surface area (Å²) >= 11 is 0.744. The fraction of sp³-hybridized carbons (Fsp3) is 0.167. The first kappa shape index (κ1) is 28.3. The van der Waals surface area contributed by atoms with Crippen molar-refractivity contribution in [3.05, 3.63) is 75.9 Å². The molecule has 0 aliphatic carbocycles. The number of hydrogen-bond donors (Lipinski definition) is 3. The zero-order valence-corrected chi connectivity index (χ0v) is 21.9. The van der Waals surface area contributed by atoms with Crippen LogP contribution in [0.1, 0.15) is 42.9 Å². The molecule has 11 nitrogen and oxygen atoms in total. The van der Waals surface area contributed by atoms with Gasteiger partial charge in [-0.25, -0.2) is 22.4 Å². The number of esters is 1. The van der Waals surface area contributed by atoms with Gasteiger partial charge in [-0.2, -0.15) is 0 Å². The zero-order valence-electron chi connectivity index (χ0n) is 20.3. The van der Waals surface area contributed by atoms with E-state index >= 15 is 0 Å². The second-order valence-corrected chi connectivity index (χ2v) is 10.2. The maximum absolute atomic E-state index is 13.2. The summed E-state index contributed by atoms with van der Waals surface area (Å²) in [5.74, 6) is -3.13. The van der Waals surface area contributed by atoms with Crippen molar-refractivity contribution >= 4 is 55.9 Å². The molecule has 0 unspecified atom stereocenters. The Morgan fingerprint density at radius 2 is 1.66 bits per heavy atom. The monoisotopic (exact) mass is 563 g/mol. The molecule has 3 rings (SSSR count). The number of carbonyl (C=O) groups is 4. The lowest BCUT2D eigenvalue weighted by Crippen LogP contribution is -2.31. The van der Waals surface area contributed by atoms with Crippen molar-refractivity contribution in [1.29, 1.82) is 0 Å². The highest BCUT2D eigenvalue weighted by Gasteiger charge is 2.28. The number of halogens is 1. The summed E-state index contributed by atoms with van der Waals surface area (Å²) in [4.78, 5) is 49.8. The molecule has 38 heavy (non-hydrogen) atoms. The molecule has 3 N–H and O–H groups in total. The highest BCUT2D eigenvalue weighted by molar-refractivity contribution is 7.92. The number of imide groups is 1. The van der Waals surface area contributed by atoms with Gasteiger partial charge in [0.25, 0.3) is 21.8 Å². The van der Waals surface area contributed by atoms with Crippen LogP contribution in [0.5, 0.6) is 0 Å². The van der Waals surface area contributed by atoms with E-state index in [-0.39, 0.29) is 43.8 Å². The van der Waals surface area contributed by atoms with Gasteiger partial charge in [-0.05, 0) is 55.8 Å². The summed E-state index contributed by atoms with van der Waals surface area (Å²) in [6.07, 6.45) is -1.06. The number of anilines is 2. The molecule has 0 aliphatic rings. The van der Waals surface area contributed by atoms with Crippen LogP contribution in [0.25, 0.3) is 0 Å². The van der Waals surface area contributed by atoms with Gasteiger partial charge < -0.3 is 14.8 Å². The average molecular weight is 564 g/mol. The largest absolute Gasteiger partial charge is 0.462 e. The summed E-state index contributed by atoms with van der Waals surface area (Å²) in [5, 5.41) is 4.39. The first-order valence-corrected chi connectivity index (χ1v) is 13.2. The Kier molecular flexibility index (Phi) is 8.80. The molecule has 0 aliphatic heterocycles. The van der Waals surface area contributed by atoms with Crippen LogP contribution < -0.4 is 15.4 Å². The van der Waals surface area contributed by atoms with Crippen LogP contribution in [0.4, 0.5) is 19.9 Å². The lowest BCUT2D eigenvalue weighted by atomic mass is 10.1. The lowest BCUT2D eigenvalue weighted by Gasteiger charge is -2.13. The van der Waals surface area contributed by atoms with Crippen molar-refractivity contribution in [1.82, 2.24) is 5.32 Å². The summed E-state index contributed by atoms with van der Waals surface area (Å²) in [6.45, 7) is 3.09. The quantitative estimate of drug-likeness (QED) is 0.348. The van der Waals surface area contributed by atoms with E-state index in [1.54, 1.807) is 6.92 Å². The Morgan fingerprint density at radius 1 is 1.00 bits per heavy atom. The molecular formula is C24H22FN3O8S2. The SMILES string of the molecule is CCOC(=O)c1sc(NC(=O)c2ccccc2NS(=O)(=O)c2ccc(F)cc2)c(C(=O)NC(=O)OC)c1C. The van der Waals surface area contributed by atoms with E-state index in [1.807, 2.05) is 5.32 Å². The number of hydrogen-bond acceptors (Lipinski definition) is 9. The number of methoxy groups -OCH3 is 1. The maximum Gasteiger partial charge on any atom is 0.413 e. The number of thiophene rings is 1. The number of sulfonamides is 1. The number of rotatable bonds is 8. The Morgan fingerprint density at radius 3 is 2.29 bits per heavy atom. The van der Waals surface area contributed by atoms with Crippen molar-refractivity contribution in [2.24, 2.45) is 0 Å². The minimum atomic E-state index is -4.19. The van der Waals surface area contributed by atoms with E-state index < -0.39 is 39.7 Å². The topological polar surface area (TPSA) is 157 Å². The first-order chi connectivity index (χ1) is 18.0. The van der Waals surface area contributed by atoms with Gasteiger partial charge in [0, 0.05) is 0 Å². The fourth-order valence-corrected chi connectivity index (χ4v) is 5.40. The number of nitrogens with one attached hydrogen (secondary N) is 3. The normalized spacial score (nSPS) is 10.8. The Balaban J connectivity index is 1.98. The predicted molar refractivity (Wildman–Crippen MR) is 136 cm³/mol. The van der Waals surface area contributed by atoms with Crippen LogP contribution in [0.15, 0.2) is 53.4 Å². The van der Waals surface area contributed by atoms with E-state index in [4.69, 9.17) is 4.74 Å². The first-order valence-electron chi connectivity index (χ1n) is 10.9. The molecule has 0 saturated heterocycles.